The monoisotopic (exact) mass is 797 g/mol. The molecule has 2 nitrogen and oxygen atoms in total. The summed E-state index contributed by atoms with van der Waals surface area (Å²) in [5, 5.41) is 0. The van der Waals surface area contributed by atoms with Crippen molar-refractivity contribution >= 4 is 0 Å². The summed E-state index contributed by atoms with van der Waals surface area (Å²) in [5.74, 6) is 0. The van der Waals surface area contributed by atoms with E-state index in [1.165, 1.54) is 225 Å². The zero-order chi connectivity index (χ0) is 42.1. The molecule has 0 saturated carbocycles. The Morgan fingerprint density at radius 1 is 0.263 bits per heavy atom. The third kappa shape index (κ3) is 49.1. The Labute approximate surface area is 362 Å². The summed E-state index contributed by atoms with van der Waals surface area (Å²) in [6.45, 7) is 9.13. The van der Waals surface area contributed by atoms with Crippen molar-refractivity contribution in [3.05, 3.63) is 48.6 Å². The topological polar surface area (TPSA) is 6.48 Å². The van der Waals surface area contributed by atoms with Crippen LogP contribution in [0.5, 0.6) is 0 Å². The minimum atomic E-state index is 0.804. The lowest BCUT2D eigenvalue weighted by Crippen LogP contribution is -2.27. The zero-order valence-electron chi connectivity index (χ0n) is 40.8. The normalized spacial score (nSPS) is 13.3. The lowest BCUT2D eigenvalue weighted by atomic mass is 9.99. The third-order valence-electron chi connectivity index (χ3n) is 12.0. The van der Waals surface area contributed by atoms with Crippen molar-refractivity contribution < 1.29 is 0 Å². The van der Waals surface area contributed by atoms with Crippen molar-refractivity contribution in [1.29, 1.82) is 0 Å². The van der Waals surface area contributed by atoms with Gasteiger partial charge in [0.05, 0.1) is 0 Å². The summed E-state index contributed by atoms with van der Waals surface area (Å²) in [6, 6.07) is 1.61. The molecule has 0 heterocycles. The fourth-order valence-electron chi connectivity index (χ4n) is 7.85. The highest BCUT2D eigenvalue weighted by Crippen LogP contribution is 2.18. The van der Waals surface area contributed by atoms with E-state index >= 15 is 0 Å². The van der Waals surface area contributed by atoms with Crippen molar-refractivity contribution in [2.75, 3.05) is 28.2 Å². The predicted molar refractivity (Wildman–Crippen MR) is 265 cm³/mol. The number of allylic oxidation sites excluding steroid dienone is 8. The van der Waals surface area contributed by atoms with Crippen LogP contribution in [0.25, 0.3) is 0 Å². The highest BCUT2D eigenvalue weighted by atomic mass is 15.1. The Bertz CT molecular complexity index is 835. The van der Waals surface area contributed by atoms with Crippen LogP contribution < -0.4 is 0 Å². The van der Waals surface area contributed by atoms with E-state index < -0.39 is 0 Å². The number of rotatable bonds is 43. The Morgan fingerprint density at radius 3 is 0.754 bits per heavy atom. The molecule has 2 atom stereocenters. The van der Waals surface area contributed by atoms with Gasteiger partial charge in [0.1, 0.15) is 0 Å². The second-order valence-electron chi connectivity index (χ2n) is 18.0. The molecule has 338 valence electrons. The molecule has 0 aromatic rings. The van der Waals surface area contributed by atoms with Gasteiger partial charge >= 0.3 is 0 Å². The van der Waals surface area contributed by atoms with Gasteiger partial charge < -0.3 is 9.80 Å². The Kier molecular flexibility index (Phi) is 51.9. The molecule has 0 saturated heterocycles. The van der Waals surface area contributed by atoms with Gasteiger partial charge in [0.2, 0.25) is 0 Å². The summed E-state index contributed by atoms with van der Waals surface area (Å²) in [5.41, 5.74) is 0. The third-order valence-corrected chi connectivity index (χ3v) is 12.0. The number of hydrogen-bond acceptors (Lipinski definition) is 2. The van der Waals surface area contributed by atoms with E-state index in [0.29, 0.717) is 0 Å². The molecular weight excluding hydrogens is 689 g/mol. The summed E-state index contributed by atoms with van der Waals surface area (Å²) in [7, 11) is 9.08. The average molecular weight is 797 g/mol. The molecule has 57 heavy (non-hydrogen) atoms. The van der Waals surface area contributed by atoms with Crippen LogP contribution in [0.1, 0.15) is 265 Å². The van der Waals surface area contributed by atoms with Gasteiger partial charge in [-0.25, -0.2) is 0 Å². The first kappa shape index (κ1) is 58.0. The maximum atomic E-state index is 2.47. The van der Waals surface area contributed by atoms with Gasteiger partial charge in [0.25, 0.3) is 0 Å². The molecule has 0 radical (unpaired) electrons. The van der Waals surface area contributed by atoms with Gasteiger partial charge in [-0.05, 0) is 118 Å². The molecule has 0 aromatic heterocycles. The molecule has 0 spiro atoms. The molecule has 0 aliphatic heterocycles. The Hall–Kier alpha value is -1.12. The second kappa shape index (κ2) is 51.0. The maximum Gasteiger partial charge on any atom is 0.00891 e. The van der Waals surface area contributed by atoms with Crippen LogP contribution >= 0.6 is 0 Å². The van der Waals surface area contributed by atoms with Gasteiger partial charge in [-0.3, -0.25) is 0 Å². The van der Waals surface area contributed by atoms with E-state index in [4.69, 9.17) is 0 Å². The van der Waals surface area contributed by atoms with Crippen LogP contribution in [-0.4, -0.2) is 50.1 Å². The van der Waals surface area contributed by atoms with Crippen molar-refractivity contribution in [2.45, 2.75) is 277 Å². The van der Waals surface area contributed by atoms with Gasteiger partial charge in [-0.15, -0.1) is 0 Å². The molecule has 2 unspecified atom stereocenters. The molecule has 0 amide bonds. The van der Waals surface area contributed by atoms with Crippen molar-refractivity contribution in [3.63, 3.8) is 0 Å². The maximum absolute atomic E-state index is 2.47. The lowest BCUT2D eigenvalue weighted by Gasteiger charge is -2.24. The zero-order valence-corrected chi connectivity index (χ0v) is 40.8. The molecule has 0 aliphatic carbocycles. The van der Waals surface area contributed by atoms with Crippen molar-refractivity contribution in [1.82, 2.24) is 9.80 Å². The van der Waals surface area contributed by atoms with Gasteiger partial charge in [-0.1, -0.05) is 224 Å². The smallest absolute Gasteiger partial charge is 0.00891 e. The summed E-state index contributed by atoms with van der Waals surface area (Å²) < 4.78 is 0. The molecule has 0 aliphatic rings. The van der Waals surface area contributed by atoms with E-state index in [0.717, 1.165) is 24.9 Å². The SMILES string of the molecule is CCCCC/C=C\C/C=C\CCCCCCCC(CCCCCCCCC)N(C)C.CCCCCC=CCC=CCCCCCCCC(CCCCCC)N(C)C. The van der Waals surface area contributed by atoms with Gasteiger partial charge in [0.15, 0.2) is 0 Å². The Balaban J connectivity index is 0. The standard InChI is InChI=1S/C29H57N.C26H51N/c1-5-7-9-11-13-14-15-16-17-18-19-20-22-24-26-28-29(30(3)4)27-25-23-21-12-10-8-6-2;1-5-7-9-11-12-13-14-15-16-17-18-19-20-21-23-25-26(27(3)4)24-22-10-8-6-2/h13-14,16-17,29H,5-12,15,18-28H2,1-4H3;12-13,15-16,26H,5-11,14,17-25H2,1-4H3/b14-13-,17-16-;. The lowest BCUT2D eigenvalue weighted by molar-refractivity contribution is 0.251. The van der Waals surface area contributed by atoms with E-state index in [1.807, 2.05) is 0 Å². The predicted octanol–water partition coefficient (Wildman–Crippen LogP) is 18.6. The largest absolute Gasteiger partial charge is 0.306 e. The first-order valence-corrected chi connectivity index (χ1v) is 25.9. The molecule has 0 fully saturated rings. The summed E-state index contributed by atoms with van der Waals surface area (Å²) in [4.78, 5) is 4.93. The van der Waals surface area contributed by atoms with Crippen LogP contribution in [0.2, 0.25) is 0 Å². The van der Waals surface area contributed by atoms with Crippen molar-refractivity contribution in [3.8, 4) is 0 Å². The van der Waals surface area contributed by atoms with Crippen LogP contribution in [0, 0.1) is 0 Å². The van der Waals surface area contributed by atoms with Gasteiger partial charge in [-0.2, -0.15) is 0 Å². The highest BCUT2D eigenvalue weighted by molar-refractivity contribution is 4.93. The van der Waals surface area contributed by atoms with E-state index in [1.54, 1.807) is 0 Å². The quantitative estimate of drug-likeness (QED) is 0.0448. The number of unbranched alkanes of at least 4 members (excludes halogenated alkanes) is 25. The molecule has 0 bridgehead atoms. The van der Waals surface area contributed by atoms with E-state index in [9.17, 15) is 0 Å². The molecule has 0 aromatic carbocycles. The van der Waals surface area contributed by atoms with Crippen LogP contribution in [0.15, 0.2) is 48.6 Å². The number of hydrogen-bond donors (Lipinski definition) is 0. The first-order chi connectivity index (χ1) is 27.9. The van der Waals surface area contributed by atoms with Crippen molar-refractivity contribution in [2.24, 2.45) is 0 Å². The van der Waals surface area contributed by atoms with E-state index in [2.05, 4.69) is 114 Å². The molecule has 0 N–H and O–H groups in total. The minimum absolute atomic E-state index is 0.804. The fourth-order valence-corrected chi connectivity index (χ4v) is 7.85. The van der Waals surface area contributed by atoms with E-state index in [-0.39, 0.29) is 0 Å². The fraction of sp³-hybridized carbons (Fsp3) is 0.855. The van der Waals surface area contributed by atoms with Crippen LogP contribution in [0.4, 0.5) is 0 Å². The summed E-state index contributed by atoms with van der Waals surface area (Å²) >= 11 is 0. The molecular formula is C55H108N2. The average Bonchev–Trinajstić information content (AvgIpc) is 3.20. The van der Waals surface area contributed by atoms with Crippen LogP contribution in [-0.2, 0) is 0 Å². The summed E-state index contributed by atoms with van der Waals surface area (Å²) in [6.07, 6.45) is 69.4. The highest BCUT2D eigenvalue weighted by Gasteiger charge is 2.11. The Morgan fingerprint density at radius 2 is 0.474 bits per heavy atom. The molecule has 2 heteroatoms. The second-order valence-corrected chi connectivity index (χ2v) is 18.0. The molecule has 0 rings (SSSR count). The minimum Gasteiger partial charge on any atom is -0.306 e. The first-order valence-electron chi connectivity index (χ1n) is 25.9. The van der Waals surface area contributed by atoms with Crippen LogP contribution in [0.3, 0.4) is 0 Å². The van der Waals surface area contributed by atoms with Gasteiger partial charge in [0, 0.05) is 12.1 Å². The number of nitrogens with zero attached hydrogens (tertiary/aromatic N) is 2.